The molecule has 2 aromatic carbocycles. The standard InChI is InChI=1S/C21H18N2O6/c1-23-16-13(22-21(23)26)9-12-15(14(16)10-5-7-11(27-2)8-6-10)18(25)20(29-4)19(28-3)17(12)24/h5-9H,1-4H3,(H,22,26). The molecule has 0 saturated carbocycles. The van der Waals surface area contributed by atoms with Gasteiger partial charge in [0.1, 0.15) is 5.75 Å². The first-order valence-electron chi connectivity index (χ1n) is 8.74. The predicted molar refractivity (Wildman–Crippen MR) is 105 cm³/mol. The molecule has 0 aliphatic heterocycles. The van der Waals surface area contributed by atoms with Crippen LogP contribution >= 0.6 is 0 Å². The third-order valence-corrected chi connectivity index (χ3v) is 5.06. The van der Waals surface area contributed by atoms with Crippen LogP contribution in [0.2, 0.25) is 0 Å². The molecule has 0 unspecified atom stereocenters. The van der Waals surface area contributed by atoms with E-state index in [9.17, 15) is 14.4 Å². The van der Waals surface area contributed by atoms with Crippen molar-refractivity contribution in [1.82, 2.24) is 9.55 Å². The van der Waals surface area contributed by atoms with Crippen molar-refractivity contribution in [3.05, 3.63) is 63.5 Å². The number of hydrogen-bond donors (Lipinski definition) is 1. The fourth-order valence-corrected chi connectivity index (χ4v) is 3.68. The summed E-state index contributed by atoms with van der Waals surface area (Å²) in [6.45, 7) is 0. The Kier molecular flexibility index (Phi) is 4.26. The third kappa shape index (κ3) is 2.56. The van der Waals surface area contributed by atoms with E-state index in [1.807, 2.05) is 0 Å². The minimum atomic E-state index is -0.486. The van der Waals surface area contributed by atoms with Crippen molar-refractivity contribution in [3.8, 4) is 16.9 Å². The molecular weight excluding hydrogens is 376 g/mol. The lowest BCUT2D eigenvalue weighted by Gasteiger charge is -2.22. The van der Waals surface area contributed by atoms with E-state index in [2.05, 4.69) is 4.98 Å². The lowest BCUT2D eigenvalue weighted by atomic mass is 9.85. The largest absolute Gasteiger partial charge is 0.497 e. The number of fused-ring (bicyclic) bond motifs is 2. The van der Waals surface area contributed by atoms with E-state index in [1.54, 1.807) is 38.4 Å². The second-order valence-corrected chi connectivity index (χ2v) is 6.51. The average molecular weight is 394 g/mol. The molecule has 1 aliphatic carbocycles. The van der Waals surface area contributed by atoms with Gasteiger partial charge in [-0.3, -0.25) is 14.2 Å². The summed E-state index contributed by atoms with van der Waals surface area (Å²) in [4.78, 5) is 41.4. The number of aromatic amines is 1. The monoisotopic (exact) mass is 394 g/mol. The summed E-state index contributed by atoms with van der Waals surface area (Å²) in [5.41, 5.74) is 2.02. The molecule has 1 heterocycles. The molecule has 1 aliphatic rings. The zero-order valence-electron chi connectivity index (χ0n) is 16.3. The fourth-order valence-electron chi connectivity index (χ4n) is 3.68. The summed E-state index contributed by atoms with van der Waals surface area (Å²) in [5.74, 6) is -0.664. The summed E-state index contributed by atoms with van der Waals surface area (Å²) in [7, 11) is 5.76. The van der Waals surface area contributed by atoms with Gasteiger partial charge >= 0.3 is 5.69 Å². The minimum absolute atomic E-state index is 0.146. The Labute approximate surface area is 165 Å². The molecule has 0 atom stereocenters. The number of nitrogens with one attached hydrogen (secondary N) is 1. The van der Waals surface area contributed by atoms with Gasteiger partial charge in [-0.05, 0) is 23.8 Å². The highest BCUT2D eigenvalue weighted by molar-refractivity contribution is 6.29. The van der Waals surface area contributed by atoms with E-state index < -0.39 is 11.6 Å². The SMILES string of the molecule is COC1=C(OC)C(=O)c2c(cc3[nH]c(=O)n(C)c3c2-c2ccc(OC)cc2)C1=O. The molecule has 8 heteroatoms. The second-order valence-electron chi connectivity index (χ2n) is 6.51. The Morgan fingerprint density at radius 3 is 2.03 bits per heavy atom. The van der Waals surface area contributed by atoms with Gasteiger partial charge in [0.25, 0.3) is 0 Å². The fraction of sp³-hybridized carbons (Fsp3) is 0.190. The van der Waals surface area contributed by atoms with Crippen LogP contribution in [0.1, 0.15) is 20.7 Å². The van der Waals surface area contributed by atoms with E-state index >= 15 is 0 Å². The molecule has 29 heavy (non-hydrogen) atoms. The van der Waals surface area contributed by atoms with Crippen molar-refractivity contribution in [2.75, 3.05) is 21.3 Å². The van der Waals surface area contributed by atoms with E-state index in [4.69, 9.17) is 14.2 Å². The predicted octanol–water partition coefficient (Wildman–Crippen LogP) is 2.43. The Balaban J connectivity index is 2.15. The van der Waals surface area contributed by atoms with Gasteiger partial charge in [-0.25, -0.2) is 4.79 Å². The van der Waals surface area contributed by atoms with Crippen LogP contribution in [0.15, 0.2) is 46.6 Å². The number of H-pyrrole nitrogens is 1. The van der Waals surface area contributed by atoms with E-state index in [-0.39, 0.29) is 28.3 Å². The minimum Gasteiger partial charge on any atom is -0.497 e. The molecule has 0 bridgehead atoms. The van der Waals surface area contributed by atoms with Crippen LogP contribution in [0.3, 0.4) is 0 Å². The number of ketones is 2. The molecule has 148 valence electrons. The Hall–Kier alpha value is -3.81. The van der Waals surface area contributed by atoms with Crippen LogP contribution in [-0.4, -0.2) is 42.4 Å². The summed E-state index contributed by atoms with van der Waals surface area (Å²) < 4.78 is 17.0. The molecule has 8 nitrogen and oxygen atoms in total. The maximum absolute atomic E-state index is 13.3. The zero-order chi connectivity index (χ0) is 20.9. The number of aryl methyl sites for hydroxylation is 1. The van der Waals surface area contributed by atoms with Gasteiger partial charge in [-0.2, -0.15) is 0 Å². The van der Waals surface area contributed by atoms with Gasteiger partial charge < -0.3 is 19.2 Å². The number of allylic oxidation sites excluding steroid dienone is 2. The lowest BCUT2D eigenvalue weighted by Crippen LogP contribution is -2.25. The van der Waals surface area contributed by atoms with Crippen molar-refractivity contribution in [2.45, 2.75) is 0 Å². The maximum Gasteiger partial charge on any atom is 0.326 e. The van der Waals surface area contributed by atoms with Crippen LogP contribution in [0.5, 0.6) is 5.75 Å². The first-order chi connectivity index (χ1) is 13.9. The molecule has 0 saturated heterocycles. The quantitative estimate of drug-likeness (QED) is 0.730. The third-order valence-electron chi connectivity index (χ3n) is 5.06. The first kappa shape index (κ1) is 18.5. The molecule has 0 fully saturated rings. The topological polar surface area (TPSA) is 99.6 Å². The number of hydrogen-bond acceptors (Lipinski definition) is 6. The van der Waals surface area contributed by atoms with Crippen molar-refractivity contribution in [3.63, 3.8) is 0 Å². The van der Waals surface area contributed by atoms with E-state index in [0.717, 1.165) is 0 Å². The average Bonchev–Trinajstić information content (AvgIpc) is 3.02. The number of carbonyl (C=O) groups excluding carboxylic acids is 2. The molecule has 0 amide bonds. The molecule has 0 radical (unpaired) electrons. The van der Waals surface area contributed by atoms with Gasteiger partial charge in [-0.15, -0.1) is 0 Å². The lowest BCUT2D eigenvalue weighted by molar-refractivity contribution is 0.0830. The smallest absolute Gasteiger partial charge is 0.326 e. The van der Waals surface area contributed by atoms with Crippen molar-refractivity contribution in [1.29, 1.82) is 0 Å². The van der Waals surface area contributed by atoms with Gasteiger partial charge in [0.2, 0.25) is 23.1 Å². The van der Waals surface area contributed by atoms with Crippen molar-refractivity contribution in [2.24, 2.45) is 7.05 Å². The van der Waals surface area contributed by atoms with E-state index in [1.165, 1.54) is 24.9 Å². The Bertz CT molecular complexity index is 1260. The van der Waals surface area contributed by atoms with Crippen LogP contribution < -0.4 is 10.4 Å². The normalized spacial score (nSPS) is 13.7. The molecule has 1 N–H and O–H groups in total. The molecule has 4 rings (SSSR count). The second kappa shape index (κ2) is 6.66. The van der Waals surface area contributed by atoms with Gasteiger partial charge in [0.05, 0.1) is 32.4 Å². The highest BCUT2D eigenvalue weighted by atomic mass is 16.5. The summed E-state index contributed by atoms with van der Waals surface area (Å²) in [6, 6.07) is 8.53. The highest BCUT2D eigenvalue weighted by Crippen LogP contribution is 2.39. The molecular formula is C21H18N2O6. The van der Waals surface area contributed by atoms with Crippen LogP contribution in [0.25, 0.3) is 22.2 Å². The number of benzene rings is 2. The number of imidazole rings is 1. The summed E-state index contributed by atoms with van der Waals surface area (Å²) in [6.07, 6.45) is 0. The van der Waals surface area contributed by atoms with Crippen molar-refractivity contribution < 1.29 is 23.8 Å². The Morgan fingerprint density at radius 2 is 1.45 bits per heavy atom. The van der Waals surface area contributed by atoms with Crippen LogP contribution in [0, 0.1) is 0 Å². The maximum atomic E-state index is 13.3. The van der Waals surface area contributed by atoms with Gasteiger partial charge in [0, 0.05) is 23.7 Å². The number of Topliss-reactive ketones (excluding diaryl/α,β-unsaturated/α-hetero) is 2. The van der Waals surface area contributed by atoms with Crippen molar-refractivity contribution >= 4 is 22.6 Å². The first-order valence-corrected chi connectivity index (χ1v) is 8.74. The number of rotatable bonds is 4. The van der Waals surface area contributed by atoms with Crippen LogP contribution in [0.4, 0.5) is 0 Å². The van der Waals surface area contributed by atoms with Gasteiger partial charge in [-0.1, -0.05) is 12.1 Å². The number of aromatic nitrogens is 2. The van der Waals surface area contributed by atoms with Gasteiger partial charge in [0.15, 0.2) is 0 Å². The highest BCUT2D eigenvalue weighted by Gasteiger charge is 2.38. The number of ether oxygens (including phenoxy) is 3. The summed E-state index contributed by atoms with van der Waals surface area (Å²) in [5, 5.41) is 0. The summed E-state index contributed by atoms with van der Waals surface area (Å²) >= 11 is 0. The number of carbonyl (C=O) groups is 2. The molecule has 0 spiro atoms. The Morgan fingerprint density at radius 1 is 0.828 bits per heavy atom. The van der Waals surface area contributed by atoms with Crippen LogP contribution in [-0.2, 0) is 16.5 Å². The number of methoxy groups -OCH3 is 3. The zero-order valence-corrected chi connectivity index (χ0v) is 16.3. The molecule has 1 aromatic heterocycles. The molecule has 3 aromatic rings. The number of nitrogens with zero attached hydrogens (tertiary/aromatic N) is 1. The van der Waals surface area contributed by atoms with E-state index in [0.29, 0.717) is 27.9 Å².